The maximum absolute atomic E-state index is 14.8. The summed E-state index contributed by atoms with van der Waals surface area (Å²) in [6, 6.07) is 0.996. The molecule has 8 N–H and O–H groups in total. The Morgan fingerprint density at radius 2 is 1.79 bits per heavy atom. The van der Waals surface area contributed by atoms with Gasteiger partial charge in [-0.2, -0.15) is 5.10 Å². The average Bonchev–Trinajstić information content (AvgIpc) is 3.90. The van der Waals surface area contributed by atoms with Gasteiger partial charge in [-0.3, -0.25) is 29.1 Å². The first kappa shape index (κ1) is 38.8. The van der Waals surface area contributed by atoms with Crippen molar-refractivity contribution in [2.75, 3.05) is 13.1 Å². The minimum Gasteiger partial charge on any atom is -0.465 e. The predicted octanol–water partition coefficient (Wildman–Crippen LogP) is 1.27. The number of nitrogens with two attached hydrogens (primary N) is 1. The molecule has 3 aromatic rings. The molecule has 1 aromatic carbocycles. The molecule has 4 atom stereocenters. The predicted molar refractivity (Wildman–Crippen MR) is 189 cm³/mol. The Balaban J connectivity index is 1.44. The van der Waals surface area contributed by atoms with Crippen LogP contribution in [-0.2, 0) is 24.8 Å². The number of aliphatic hydroxyl groups is 1. The molecule has 1 aliphatic heterocycles. The van der Waals surface area contributed by atoms with Gasteiger partial charge in [0.2, 0.25) is 17.6 Å². The third-order valence-electron chi connectivity index (χ3n) is 10.1. The van der Waals surface area contributed by atoms with E-state index in [-0.39, 0.29) is 38.3 Å². The first-order valence-corrected chi connectivity index (χ1v) is 18.0. The Labute approximate surface area is 305 Å². The summed E-state index contributed by atoms with van der Waals surface area (Å²) in [6.45, 7) is 3.18. The summed E-state index contributed by atoms with van der Waals surface area (Å²) in [5, 5.41) is 43.2. The van der Waals surface area contributed by atoms with Gasteiger partial charge in [-0.05, 0) is 57.6 Å². The number of fused-ring (bicyclic) bond motifs is 1. The van der Waals surface area contributed by atoms with E-state index >= 15 is 0 Å². The van der Waals surface area contributed by atoms with Crippen LogP contribution in [-0.4, -0.2) is 107 Å². The Morgan fingerprint density at radius 1 is 1.04 bits per heavy atom. The lowest BCUT2D eigenvalue weighted by Gasteiger charge is -2.32. The number of aromatic nitrogens is 5. The molecule has 18 heteroatoms. The quantitative estimate of drug-likeness (QED) is 0.0813. The van der Waals surface area contributed by atoms with E-state index in [2.05, 4.69) is 36.5 Å². The van der Waals surface area contributed by atoms with Crippen LogP contribution in [0.2, 0.25) is 0 Å². The molecule has 0 bridgehead atoms. The fourth-order valence-electron chi connectivity index (χ4n) is 7.39. The van der Waals surface area contributed by atoms with Gasteiger partial charge in [-0.15, -0.1) is 5.10 Å². The number of hydrogen-bond acceptors (Lipinski definition) is 10. The average molecular weight is 737 g/mol. The van der Waals surface area contributed by atoms with Crippen LogP contribution < -0.4 is 21.7 Å². The highest BCUT2D eigenvalue weighted by Gasteiger charge is 2.45. The zero-order valence-electron chi connectivity index (χ0n) is 29.9. The lowest BCUT2D eigenvalue weighted by atomic mass is 9.84. The Kier molecular flexibility index (Phi) is 12.4. The van der Waals surface area contributed by atoms with Crippen LogP contribution in [0.3, 0.4) is 0 Å². The van der Waals surface area contributed by atoms with Crippen molar-refractivity contribution in [1.29, 1.82) is 0 Å². The van der Waals surface area contributed by atoms with Crippen molar-refractivity contribution in [3.63, 3.8) is 0 Å². The zero-order valence-corrected chi connectivity index (χ0v) is 29.9. The maximum atomic E-state index is 14.8. The normalized spacial score (nSPS) is 19.0. The lowest BCUT2D eigenvalue weighted by molar-refractivity contribution is -0.142. The van der Waals surface area contributed by atoms with E-state index < -0.39 is 65.3 Å². The fourth-order valence-corrected chi connectivity index (χ4v) is 7.39. The van der Waals surface area contributed by atoms with Crippen LogP contribution in [0.25, 0.3) is 10.9 Å². The molecule has 1 unspecified atom stereocenters. The third kappa shape index (κ3) is 9.54. The van der Waals surface area contributed by atoms with Crippen LogP contribution in [0.4, 0.5) is 4.79 Å². The van der Waals surface area contributed by atoms with E-state index in [0.29, 0.717) is 35.0 Å². The number of benzene rings is 1. The minimum absolute atomic E-state index is 0.00917. The molecule has 53 heavy (non-hydrogen) atoms. The molecule has 0 spiro atoms. The second-order valence-electron chi connectivity index (χ2n) is 14.4. The SMILES string of the molecule is CC(C)(O)c1cnnn1[C@H]1C[C@@H](C(=O)NC(CCCCNC(=O)O)C(=O)C(N)=O)N(C(=O)[C@@H](CC2CCCCC2)NC(=O)c2cccc3[nH]ncc23)C1. The molecule has 1 aliphatic carbocycles. The summed E-state index contributed by atoms with van der Waals surface area (Å²) in [5.74, 6) is -3.84. The highest BCUT2D eigenvalue weighted by molar-refractivity contribution is 6.37. The molecule has 5 rings (SSSR count). The number of primary amides is 1. The molecule has 2 fully saturated rings. The number of nitrogens with one attached hydrogen (secondary N) is 4. The van der Waals surface area contributed by atoms with Crippen LogP contribution in [0.5, 0.6) is 0 Å². The van der Waals surface area contributed by atoms with E-state index in [9.17, 15) is 33.9 Å². The first-order valence-electron chi connectivity index (χ1n) is 18.0. The largest absolute Gasteiger partial charge is 0.465 e. The van der Waals surface area contributed by atoms with Crippen molar-refractivity contribution in [2.45, 2.75) is 108 Å². The zero-order chi connectivity index (χ0) is 38.3. The molecule has 1 saturated carbocycles. The highest BCUT2D eigenvalue weighted by Crippen LogP contribution is 2.34. The summed E-state index contributed by atoms with van der Waals surface area (Å²) < 4.78 is 1.48. The number of nitrogens with zero attached hydrogens (tertiary/aromatic N) is 5. The van der Waals surface area contributed by atoms with Gasteiger partial charge >= 0.3 is 6.09 Å². The van der Waals surface area contributed by atoms with Crippen molar-refractivity contribution >= 4 is 46.4 Å². The number of unbranched alkanes of at least 4 members (excludes halogenated alkanes) is 1. The van der Waals surface area contributed by atoms with Gasteiger partial charge in [0.05, 0.1) is 41.3 Å². The van der Waals surface area contributed by atoms with E-state index in [1.54, 1.807) is 38.2 Å². The molecule has 2 aromatic heterocycles. The molecule has 18 nitrogen and oxygen atoms in total. The lowest BCUT2D eigenvalue weighted by Crippen LogP contribution is -2.56. The van der Waals surface area contributed by atoms with Crippen LogP contribution >= 0.6 is 0 Å². The number of rotatable bonds is 16. The topological polar surface area (TPSA) is 268 Å². The number of ketones is 1. The molecule has 5 amide bonds. The van der Waals surface area contributed by atoms with Gasteiger partial charge in [0, 0.05) is 24.9 Å². The van der Waals surface area contributed by atoms with E-state index in [0.717, 1.165) is 32.1 Å². The summed E-state index contributed by atoms with van der Waals surface area (Å²) in [7, 11) is 0. The number of carboxylic acid groups (broad SMARTS) is 1. The number of likely N-dealkylation sites (tertiary alicyclic amines) is 1. The fraction of sp³-hybridized carbons (Fsp3) is 0.571. The smallest absolute Gasteiger partial charge is 0.404 e. The second kappa shape index (κ2) is 17.0. The molecule has 286 valence electrons. The monoisotopic (exact) mass is 736 g/mol. The number of amides is 5. The number of carbonyl (C=O) groups is 6. The minimum atomic E-state index is -1.36. The number of aromatic amines is 1. The van der Waals surface area contributed by atoms with Gasteiger partial charge < -0.3 is 36.8 Å². The first-order chi connectivity index (χ1) is 25.2. The van der Waals surface area contributed by atoms with Gasteiger partial charge in [-0.1, -0.05) is 43.4 Å². The van der Waals surface area contributed by atoms with E-state index in [1.807, 2.05) is 0 Å². The van der Waals surface area contributed by atoms with Crippen LogP contribution in [0.15, 0.2) is 30.6 Å². The number of H-pyrrole nitrogens is 1. The van der Waals surface area contributed by atoms with Crippen molar-refractivity contribution in [1.82, 2.24) is 46.0 Å². The Bertz CT molecular complexity index is 1810. The number of Topliss-reactive ketones (excluding diaryl/α,β-unsaturated/α-hetero) is 1. The summed E-state index contributed by atoms with van der Waals surface area (Å²) in [6.07, 6.45) is 7.53. The van der Waals surface area contributed by atoms with Gasteiger partial charge in [-0.25, -0.2) is 9.48 Å². The van der Waals surface area contributed by atoms with Crippen LogP contribution in [0, 0.1) is 5.92 Å². The van der Waals surface area contributed by atoms with Crippen molar-refractivity contribution in [2.24, 2.45) is 11.7 Å². The third-order valence-corrected chi connectivity index (χ3v) is 10.1. The maximum Gasteiger partial charge on any atom is 0.404 e. The van der Waals surface area contributed by atoms with Crippen molar-refractivity contribution in [3.05, 3.63) is 41.9 Å². The second-order valence-corrected chi connectivity index (χ2v) is 14.4. The summed E-state index contributed by atoms with van der Waals surface area (Å²) in [5.41, 5.74) is 5.30. The standard InChI is InChI=1S/C35H48N10O8/c1-35(2,53)28-18-39-43-45(28)21-16-27(32(49)40-25(29(46)30(36)47)12-6-7-14-37-34(51)52)44(19-21)33(50)26(15-20-9-4-3-5-10-20)41-31(48)22-11-8-13-24-23(22)17-38-42-24/h8,11,13,17-18,20-21,25-27,37,53H,3-7,9-10,12,14-16,19H2,1-2H3,(H2,36,47)(H,38,42)(H,40,49)(H,41,48)(H,51,52)/t21-,25?,26+,27-/m0/s1. The number of hydrogen-bond donors (Lipinski definition) is 7. The van der Waals surface area contributed by atoms with Gasteiger partial charge in [0.1, 0.15) is 17.7 Å². The van der Waals surface area contributed by atoms with Crippen molar-refractivity contribution in [3.8, 4) is 0 Å². The Morgan fingerprint density at radius 3 is 2.49 bits per heavy atom. The summed E-state index contributed by atoms with van der Waals surface area (Å²) >= 11 is 0. The van der Waals surface area contributed by atoms with E-state index in [1.165, 1.54) is 15.8 Å². The molecule has 2 aliphatic rings. The van der Waals surface area contributed by atoms with Gasteiger partial charge in [0.15, 0.2) is 0 Å². The molecular weight excluding hydrogens is 688 g/mol. The molecule has 1 saturated heterocycles. The van der Waals surface area contributed by atoms with Crippen molar-refractivity contribution < 1.29 is 39.0 Å². The number of carbonyl (C=O) groups excluding carboxylic acids is 5. The summed E-state index contributed by atoms with van der Waals surface area (Å²) in [4.78, 5) is 79.8. The molecule has 0 radical (unpaired) electrons. The molecular formula is C35H48N10O8. The van der Waals surface area contributed by atoms with Gasteiger partial charge in [0.25, 0.3) is 11.8 Å². The van der Waals surface area contributed by atoms with E-state index in [4.69, 9.17) is 10.8 Å². The van der Waals surface area contributed by atoms with Crippen LogP contribution in [0.1, 0.15) is 100 Å². The Hall–Kier alpha value is -5.39. The highest BCUT2D eigenvalue weighted by atomic mass is 16.4. The molecule has 3 heterocycles.